The minimum absolute atomic E-state index is 0.257. The third-order valence-corrected chi connectivity index (χ3v) is 3.38. The number of para-hydroxylation sites is 1. The van der Waals surface area contributed by atoms with Crippen LogP contribution in [0.5, 0.6) is 5.75 Å². The summed E-state index contributed by atoms with van der Waals surface area (Å²) in [6, 6.07) is 12.0. The lowest BCUT2D eigenvalue weighted by Gasteiger charge is -2.06. The lowest BCUT2D eigenvalue weighted by atomic mass is 10.2. The Morgan fingerprint density at radius 3 is 2.83 bits per heavy atom. The van der Waals surface area contributed by atoms with Gasteiger partial charge in [0.1, 0.15) is 12.4 Å². The number of carbonyl (C=O) groups excluding carboxylic acids is 1. The molecule has 0 unspecified atom stereocenters. The molecule has 2 aromatic rings. The third kappa shape index (κ3) is 4.84. The summed E-state index contributed by atoms with van der Waals surface area (Å²) in [5.74, 6) is 0.199. The topological polar surface area (TPSA) is 50.7 Å². The number of hydrogen-bond donors (Lipinski definition) is 1. The molecule has 0 saturated heterocycles. The van der Waals surface area contributed by atoms with Crippen molar-refractivity contribution in [1.82, 2.24) is 5.43 Å². The van der Waals surface area contributed by atoms with Gasteiger partial charge in [-0.2, -0.15) is 5.10 Å². The molecule has 0 aliphatic rings. The molecule has 0 aliphatic heterocycles. The van der Waals surface area contributed by atoms with Crippen molar-refractivity contribution < 1.29 is 9.53 Å². The van der Waals surface area contributed by atoms with Crippen LogP contribution in [-0.2, 0) is 0 Å². The number of carbonyl (C=O) groups is 1. The van der Waals surface area contributed by atoms with Crippen LogP contribution in [0.3, 0.4) is 0 Å². The highest BCUT2D eigenvalue weighted by Gasteiger charge is 2.10. The molecule has 4 nitrogen and oxygen atoms in total. The van der Waals surface area contributed by atoms with Crippen molar-refractivity contribution in [3.8, 4) is 5.75 Å². The predicted molar refractivity (Wildman–Crippen MR) is 93.7 cm³/mol. The van der Waals surface area contributed by atoms with Gasteiger partial charge in [-0.05, 0) is 30.3 Å². The monoisotopic (exact) mass is 348 g/mol. The molecule has 118 valence electrons. The van der Waals surface area contributed by atoms with Gasteiger partial charge in [0.2, 0.25) is 0 Å². The Morgan fingerprint density at radius 2 is 2.04 bits per heavy atom. The van der Waals surface area contributed by atoms with E-state index < -0.39 is 5.91 Å². The number of amides is 1. The fourth-order valence-corrected chi connectivity index (χ4v) is 2.13. The largest absolute Gasteiger partial charge is 0.489 e. The number of hydrogen-bond acceptors (Lipinski definition) is 3. The summed E-state index contributed by atoms with van der Waals surface area (Å²) in [4.78, 5) is 12.1. The second-order valence-corrected chi connectivity index (χ2v) is 5.30. The highest BCUT2D eigenvalue weighted by Crippen LogP contribution is 2.20. The van der Waals surface area contributed by atoms with E-state index in [2.05, 4.69) is 17.1 Å². The van der Waals surface area contributed by atoms with Gasteiger partial charge in [0.05, 0.1) is 16.8 Å². The van der Waals surface area contributed by atoms with E-state index in [9.17, 15) is 4.79 Å². The van der Waals surface area contributed by atoms with Gasteiger partial charge in [-0.25, -0.2) is 5.43 Å². The van der Waals surface area contributed by atoms with Crippen LogP contribution in [-0.4, -0.2) is 18.7 Å². The molecule has 0 bridgehead atoms. The first kappa shape index (κ1) is 17.1. The number of ether oxygens (including phenoxy) is 1. The van der Waals surface area contributed by atoms with Gasteiger partial charge in [0, 0.05) is 10.6 Å². The van der Waals surface area contributed by atoms with Crippen molar-refractivity contribution in [2.75, 3.05) is 6.61 Å². The van der Waals surface area contributed by atoms with E-state index in [-0.39, 0.29) is 5.56 Å². The van der Waals surface area contributed by atoms with Crippen LogP contribution < -0.4 is 10.2 Å². The number of halogens is 2. The molecule has 1 amide bonds. The summed E-state index contributed by atoms with van der Waals surface area (Å²) in [5.41, 5.74) is 3.40. The van der Waals surface area contributed by atoms with E-state index in [1.807, 2.05) is 18.2 Å². The average molecular weight is 349 g/mol. The minimum Gasteiger partial charge on any atom is -0.489 e. The van der Waals surface area contributed by atoms with E-state index >= 15 is 0 Å². The van der Waals surface area contributed by atoms with Crippen LogP contribution in [0.2, 0.25) is 10.0 Å². The summed E-state index contributed by atoms with van der Waals surface area (Å²) < 4.78 is 5.50. The highest BCUT2D eigenvalue weighted by atomic mass is 35.5. The molecule has 2 aromatic carbocycles. The van der Waals surface area contributed by atoms with Crippen LogP contribution in [0.15, 0.2) is 60.2 Å². The van der Waals surface area contributed by atoms with Crippen LogP contribution in [0.25, 0.3) is 0 Å². The molecule has 0 aromatic heterocycles. The number of nitrogens with one attached hydrogen (secondary N) is 1. The van der Waals surface area contributed by atoms with Crippen molar-refractivity contribution >= 4 is 35.3 Å². The molecular formula is C17H14Cl2N2O2. The maximum Gasteiger partial charge on any atom is 0.272 e. The van der Waals surface area contributed by atoms with Crippen LogP contribution in [0.1, 0.15) is 15.9 Å². The maximum absolute atomic E-state index is 12.1. The molecule has 0 heterocycles. The van der Waals surface area contributed by atoms with Crippen LogP contribution in [0.4, 0.5) is 0 Å². The SMILES string of the molecule is C=CCOc1ccccc1/C=N\NC(=O)c1cc(Cl)ccc1Cl. The molecule has 0 saturated carbocycles. The fourth-order valence-electron chi connectivity index (χ4n) is 1.76. The number of rotatable bonds is 6. The Morgan fingerprint density at radius 1 is 1.26 bits per heavy atom. The van der Waals surface area contributed by atoms with Crippen molar-refractivity contribution in [3.05, 3.63) is 76.3 Å². The number of nitrogens with zero attached hydrogens (tertiary/aromatic N) is 1. The first-order chi connectivity index (χ1) is 11.1. The fraction of sp³-hybridized carbons (Fsp3) is 0.0588. The summed E-state index contributed by atoms with van der Waals surface area (Å²) in [6.07, 6.45) is 3.14. The average Bonchev–Trinajstić information content (AvgIpc) is 2.56. The Labute approximate surface area is 144 Å². The van der Waals surface area contributed by atoms with E-state index in [4.69, 9.17) is 27.9 Å². The van der Waals surface area contributed by atoms with Gasteiger partial charge < -0.3 is 4.74 Å². The molecule has 0 spiro atoms. The smallest absolute Gasteiger partial charge is 0.272 e. The molecule has 0 fully saturated rings. The van der Waals surface area contributed by atoms with Crippen molar-refractivity contribution in [3.63, 3.8) is 0 Å². The molecule has 6 heteroatoms. The molecular weight excluding hydrogens is 335 g/mol. The zero-order chi connectivity index (χ0) is 16.7. The van der Waals surface area contributed by atoms with Crippen molar-refractivity contribution in [1.29, 1.82) is 0 Å². The standard InChI is InChI=1S/C17H14Cl2N2O2/c1-2-9-23-16-6-4-3-5-12(16)11-20-21-17(22)14-10-13(18)7-8-15(14)19/h2-8,10-11H,1,9H2,(H,21,22)/b20-11-. The van der Waals surface area contributed by atoms with Crippen LogP contribution >= 0.6 is 23.2 Å². The lowest BCUT2D eigenvalue weighted by Crippen LogP contribution is -2.18. The van der Waals surface area contributed by atoms with E-state index in [1.54, 1.807) is 24.3 Å². The van der Waals surface area contributed by atoms with Gasteiger partial charge >= 0.3 is 0 Å². The number of benzene rings is 2. The zero-order valence-corrected chi connectivity index (χ0v) is 13.6. The Balaban J connectivity index is 2.08. The number of hydrazone groups is 1. The Hall–Kier alpha value is -2.30. The summed E-state index contributed by atoms with van der Waals surface area (Å²) in [7, 11) is 0. The second kappa shape index (κ2) is 8.36. The maximum atomic E-state index is 12.1. The summed E-state index contributed by atoms with van der Waals surface area (Å²) >= 11 is 11.8. The quantitative estimate of drug-likeness (QED) is 0.480. The lowest BCUT2D eigenvalue weighted by molar-refractivity contribution is 0.0955. The van der Waals surface area contributed by atoms with E-state index in [0.717, 1.165) is 5.56 Å². The zero-order valence-electron chi connectivity index (χ0n) is 12.1. The summed E-state index contributed by atoms with van der Waals surface area (Å²) in [5, 5.41) is 4.65. The molecule has 0 radical (unpaired) electrons. The third-order valence-electron chi connectivity index (χ3n) is 2.82. The van der Waals surface area contributed by atoms with Gasteiger partial charge in [-0.15, -0.1) is 0 Å². The molecule has 0 aliphatic carbocycles. The van der Waals surface area contributed by atoms with Crippen LogP contribution in [0, 0.1) is 0 Å². The molecule has 0 atom stereocenters. The van der Waals surface area contributed by atoms with Gasteiger partial charge in [-0.3, -0.25) is 4.79 Å². The Kier molecular flexibility index (Phi) is 6.20. The van der Waals surface area contributed by atoms with Gasteiger partial charge in [-0.1, -0.05) is 48.0 Å². The summed E-state index contributed by atoms with van der Waals surface area (Å²) in [6.45, 7) is 3.99. The molecule has 2 rings (SSSR count). The second-order valence-electron chi connectivity index (χ2n) is 4.46. The first-order valence-electron chi connectivity index (χ1n) is 6.73. The minimum atomic E-state index is -0.446. The highest BCUT2D eigenvalue weighted by molar-refractivity contribution is 6.35. The first-order valence-corrected chi connectivity index (χ1v) is 7.48. The van der Waals surface area contributed by atoms with E-state index in [0.29, 0.717) is 22.4 Å². The van der Waals surface area contributed by atoms with Gasteiger partial charge in [0.15, 0.2) is 0 Å². The molecule has 23 heavy (non-hydrogen) atoms. The van der Waals surface area contributed by atoms with Crippen molar-refractivity contribution in [2.45, 2.75) is 0 Å². The normalized spacial score (nSPS) is 10.5. The Bertz CT molecular complexity index is 745. The van der Waals surface area contributed by atoms with Gasteiger partial charge in [0.25, 0.3) is 5.91 Å². The van der Waals surface area contributed by atoms with E-state index in [1.165, 1.54) is 12.3 Å². The predicted octanol–water partition coefficient (Wildman–Crippen LogP) is 4.32. The van der Waals surface area contributed by atoms with Crippen molar-refractivity contribution in [2.24, 2.45) is 5.10 Å². The molecule has 1 N–H and O–H groups in total.